The van der Waals surface area contributed by atoms with Gasteiger partial charge in [0, 0.05) is 24.1 Å². The Morgan fingerprint density at radius 1 is 1.40 bits per heavy atom. The molecule has 0 bridgehead atoms. The SMILES string of the molecule is CC(C)(C(=O)N[C@@H]1C=C[C@H](CO)C1)c1ccccc1F. The molecule has 2 atom stereocenters. The van der Waals surface area contributed by atoms with Gasteiger partial charge in [-0.3, -0.25) is 4.79 Å². The van der Waals surface area contributed by atoms with Crippen LogP contribution in [0.5, 0.6) is 0 Å². The Kier molecular flexibility index (Phi) is 4.23. The molecule has 2 rings (SSSR count). The largest absolute Gasteiger partial charge is 0.396 e. The van der Waals surface area contributed by atoms with Crippen LogP contribution in [0.3, 0.4) is 0 Å². The fourth-order valence-electron chi connectivity index (χ4n) is 2.46. The van der Waals surface area contributed by atoms with Crippen molar-refractivity contribution in [3.8, 4) is 0 Å². The van der Waals surface area contributed by atoms with Gasteiger partial charge in [0.25, 0.3) is 0 Å². The summed E-state index contributed by atoms with van der Waals surface area (Å²) in [5.41, 5.74) is -0.547. The molecule has 0 aromatic heterocycles. The summed E-state index contributed by atoms with van der Waals surface area (Å²) in [5.74, 6) is -0.490. The third kappa shape index (κ3) is 2.90. The highest BCUT2D eigenvalue weighted by atomic mass is 19.1. The lowest BCUT2D eigenvalue weighted by molar-refractivity contribution is -0.126. The third-order valence-corrected chi connectivity index (χ3v) is 3.84. The van der Waals surface area contributed by atoms with Crippen molar-refractivity contribution in [3.05, 3.63) is 47.8 Å². The highest BCUT2D eigenvalue weighted by Gasteiger charge is 2.34. The van der Waals surface area contributed by atoms with Crippen LogP contribution in [-0.4, -0.2) is 23.7 Å². The third-order valence-electron chi connectivity index (χ3n) is 3.84. The smallest absolute Gasteiger partial charge is 0.230 e. The Balaban J connectivity index is 2.09. The minimum Gasteiger partial charge on any atom is -0.396 e. The van der Waals surface area contributed by atoms with Gasteiger partial charge < -0.3 is 10.4 Å². The van der Waals surface area contributed by atoms with E-state index in [-0.39, 0.29) is 30.3 Å². The number of hydrogen-bond acceptors (Lipinski definition) is 2. The molecule has 1 aromatic carbocycles. The van der Waals surface area contributed by atoms with E-state index in [1.54, 1.807) is 32.0 Å². The molecule has 0 spiro atoms. The maximum atomic E-state index is 13.8. The number of nitrogens with one attached hydrogen (secondary N) is 1. The molecular formula is C16H20FNO2. The molecule has 0 saturated carbocycles. The van der Waals surface area contributed by atoms with Crippen molar-refractivity contribution >= 4 is 5.91 Å². The molecule has 3 nitrogen and oxygen atoms in total. The molecule has 20 heavy (non-hydrogen) atoms. The fourth-order valence-corrected chi connectivity index (χ4v) is 2.46. The number of halogens is 1. The van der Waals surface area contributed by atoms with E-state index < -0.39 is 5.41 Å². The first-order valence-corrected chi connectivity index (χ1v) is 6.80. The number of amides is 1. The van der Waals surface area contributed by atoms with E-state index in [0.29, 0.717) is 12.0 Å². The molecule has 0 heterocycles. The zero-order valence-electron chi connectivity index (χ0n) is 11.8. The van der Waals surface area contributed by atoms with Gasteiger partial charge in [-0.25, -0.2) is 4.39 Å². The first kappa shape index (κ1) is 14.7. The van der Waals surface area contributed by atoms with Crippen molar-refractivity contribution in [2.24, 2.45) is 5.92 Å². The van der Waals surface area contributed by atoms with Crippen LogP contribution in [-0.2, 0) is 10.2 Å². The number of hydrogen-bond donors (Lipinski definition) is 2. The van der Waals surface area contributed by atoms with Crippen LogP contribution in [0.15, 0.2) is 36.4 Å². The van der Waals surface area contributed by atoms with Crippen molar-refractivity contribution in [1.82, 2.24) is 5.32 Å². The second-order valence-corrected chi connectivity index (χ2v) is 5.75. The summed E-state index contributed by atoms with van der Waals surface area (Å²) in [4.78, 5) is 12.4. The van der Waals surface area contributed by atoms with Crippen molar-refractivity contribution in [2.45, 2.75) is 31.7 Å². The molecule has 4 heteroatoms. The molecule has 0 saturated heterocycles. The number of carbonyl (C=O) groups excluding carboxylic acids is 1. The number of aliphatic hydroxyl groups excluding tert-OH is 1. The van der Waals surface area contributed by atoms with Crippen LogP contribution < -0.4 is 5.32 Å². The monoisotopic (exact) mass is 277 g/mol. The lowest BCUT2D eigenvalue weighted by Crippen LogP contribution is -2.44. The van der Waals surface area contributed by atoms with Gasteiger partial charge in [0.15, 0.2) is 0 Å². The zero-order chi connectivity index (χ0) is 14.8. The van der Waals surface area contributed by atoms with Gasteiger partial charge in [-0.2, -0.15) is 0 Å². The zero-order valence-corrected chi connectivity index (χ0v) is 11.8. The molecule has 2 N–H and O–H groups in total. The summed E-state index contributed by atoms with van der Waals surface area (Å²) in [6.07, 6.45) is 4.48. The van der Waals surface area contributed by atoms with E-state index in [0.717, 1.165) is 0 Å². The van der Waals surface area contributed by atoms with Gasteiger partial charge in [0.2, 0.25) is 5.91 Å². The molecule has 0 unspecified atom stereocenters. The standard InChI is InChI=1S/C16H20FNO2/c1-16(2,13-5-3-4-6-14(13)17)15(20)18-12-8-7-11(9-12)10-19/h3-8,11-12,19H,9-10H2,1-2H3,(H,18,20)/t11-,12+/m0/s1. The predicted molar refractivity (Wildman–Crippen MR) is 75.7 cm³/mol. The summed E-state index contributed by atoms with van der Waals surface area (Å²) in [6, 6.07) is 6.24. The maximum Gasteiger partial charge on any atom is 0.230 e. The Hall–Kier alpha value is -1.68. The predicted octanol–water partition coefficient (Wildman–Crippen LogP) is 2.16. The lowest BCUT2D eigenvalue weighted by Gasteiger charge is -2.26. The molecule has 0 fully saturated rings. The Labute approximate surface area is 118 Å². The van der Waals surface area contributed by atoms with E-state index >= 15 is 0 Å². The molecule has 108 valence electrons. The molecule has 0 radical (unpaired) electrons. The second kappa shape index (κ2) is 5.75. The van der Waals surface area contributed by atoms with E-state index in [4.69, 9.17) is 5.11 Å². The van der Waals surface area contributed by atoms with Crippen molar-refractivity contribution in [3.63, 3.8) is 0 Å². The van der Waals surface area contributed by atoms with Gasteiger partial charge in [-0.1, -0.05) is 30.4 Å². The minimum absolute atomic E-state index is 0.0829. The first-order valence-electron chi connectivity index (χ1n) is 6.80. The highest BCUT2D eigenvalue weighted by molar-refractivity contribution is 5.87. The van der Waals surface area contributed by atoms with Crippen LogP contribution in [0.1, 0.15) is 25.8 Å². The van der Waals surface area contributed by atoms with Crippen LogP contribution >= 0.6 is 0 Å². The molecule has 1 aromatic rings. The summed E-state index contributed by atoms with van der Waals surface area (Å²) < 4.78 is 13.8. The minimum atomic E-state index is -0.934. The molecule has 0 aliphatic heterocycles. The average molecular weight is 277 g/mol. The first-order chi connectivity index (χ1) is 9.45. The summed E-state index contributed by atoms with van der Waals surface area (Å²) in [5, 5.41) is 12.0. The summed E-state index contributed by atoms with van der Waals surface area (Å²) in [7, 11) is 0. The maximum absolute atomic E-state index is 13.8. The van der Waals surface area contributed by atoms with E-state index in [2.05, 4.69) is 5.32 Å². The number of rotatable bonds is 4. The van der Waals surface area contributed by atoms with Crippen molar-refractivity contribution in [2.75, 3.05) is 6.61 Å². The van der Waals surface area contributed by atoms with Crippen molar-refractivity contribution in [1.29, 1.82) is 0 Å². The van der Waals surface area contributed by atoms with Crippen LogP contribution in [0, 0.1) is 11.7 Å². The molecule has 1 amide bonds. The van der Waals surface area contributed by atoms with E-state index in [9.17, 15) is 9.18 Å². The topological polar surface area (TPSA) is 49.3 Å². The summed E-state index contributed by atoms with van der Waals surface area (Å²) in [6.45, 7) is 3.51. The van der Waals surface area contributed by atoms with Gasteiger partial charge in [-0.05, 0) is 26.3 Å². The molecular weight excluding hydrogens is 257 g/mol. The number of aliphatic hydroxyl groups is 1. The van der Waals surface area contributed by atoms with Crippen molar-refractivity contribution < 1.29 is 14.3 Å². The van der Waals surface area contributed by atoms with Gasteiger partial charge >= 0.3 is 0 Å². The van der Waals surface area contributed by atoms with Crippen LogP contribution in [0.4, 0.5) is 4.39 Å². The van der Waals surface area contributed by atoms with Crippen LogP contribution in [0.25, 0.3) is 0 Å². The normalized spacial score (nSPS) is 22.0. The average Bonchev–Trinajstić information content (AvgIpc) is 2.86. The molecule has 1 aliphatic rings. The second-order valence-electron chi connectivity index (χ2n) is 5.75. The van der Waals surface area contributed by atoms with E-state index in [1.165, 1.54) is 6.07 Å². The van der Waals surface area contributed by atoms with Gasteiger partial charge in [0.05, 0.1) is 5.41 Å². The number of benzene rings is 1. The Bertz CT molecular complexity index is 525. The Morgan fingerprint density at radius 3 is 2.70 bits per heavy atom. The van der Waals surface area contributed by atoms with Gasteiger partial charge in [0.1, 0.15) is 5.82 Å². The number of carbonyl (C=O) groups is 1. The molecule has 1 aliphatic carbocycles. The van der Waals surface area contributed by atoms with Gasteiger partial charge in [-0.15, -0.1) is 0 Å². The Morgan fingerprint density at radius 2 is 2.10 bits per heavy atom. The van der Waals surface area contributed by atoms with E-state index in [1.807, 2.05) is 12.2 Å². The summed E-state index contributed by atoms with van der Waals surface area (Å²) >= 11 is 0. The lowest BCUT2D eigenvalue weighted by atomic mass is 9.83. The fraction of sp³-hybridized carbons (Fsp3) is 0.438. The van der Waals surface area contributed by atoms with Crippen LogP contribution in [0.2, 0.25) is 0 Å². The highest BCUT2D eigenvalue weighted by Crippen LogP contribution is 2.27. The quantitative estimate of drug-likeness (QED) is 0.829.